The Kier molecular flexibility index (Phi) is 5.57. The molecule has 0 atom stereocenters. The molecule has 33 heavy (non-hydrogen) atoms. The Bertz CT molecular complexity index is 1320. The summed E-state index contributed by atoms with van der Waals surface area (Å²) in [5.74, 6) is -0.250. The highest BCUT2D eigenvalue weighted by Gasteiger charge is 2.27. The van der Waals surface area contributed by atoms with Gasteiger partial charge in [-0.15, -0.1) is 16.4 Å². The first-order chi connectivity index (χ1) is 16.1. The van der Waals surface area contributed by atoms with Crippen molar-refractivity contribution in [3.8, 4) is 5.82 Å². The number of thiophene rings is 1. The average molecular weight is 464 g/mol. The molecule has 12 heteroatoms. The van der Waals surface area contributed by atoms with Gasteiger partial charge in [0.25, 0.3) is 5.91 Å². The Labute approximate surface area is 192 Å². The summed E-state index contributed by atoms with van der Waals surface area (Å²) < 4.78 is 6.13. The molecule has 1 aromatic carbocycles. The van der Waals surface area contributed by atoms with Crippen molar-refractivity contribution in [3.05, 3.63) is 63.1 Å². The second-order valence-corrected chi connectivity index (χ2v) is 8.54. The molecule has 0 fully saturated rings. The monoisotopic (exact) mass is 463 g/mol. The van der Waals surface area contributed by atoms with Crippen LogP contribution >= 0.6 is 11.3 Å². The van der Waals surface area contributed by atoms with Crippen LogP contribution in [-0.4, -0.2) is 44.0 Å². The molecule has 0 bridgehead atoms. The highest BCUT2D eigenvalue weighted by atomic mass is 32.1. The van der Waals surface area contributed by atoms with Crippen LogP contribution in [0.4, 0.5) is 11.5 Å². The first kappa shape index (κ1) is 20.8. The lowest BCUT2D eigenvalue weighted by Gasteiger charge is -2.31. The summed E-state index contributed by atoms with van der Waals surface area (Å²) >= 11 is 1.54. The summed E-state index contributed by atoms with van der Waals surface area (Å²) in [6.07, 6.45) is 3.62. The molecule has 1 amide bonds. The minimum atomic E-state index is -0.484. The summed E-state index contributed by atoms with van der Waals surface area (Å²) in [5, 5.41) is 21.7. The number of amides is 1. The number of rotatable bonds is 6. The van der Waals surface area contributed by atoms with Crippen LogP contribution in [0.25, 0.3) is 5.82 Å². The quantitative estimate of drug-likeness (QED) is 0.328. The van der Waals surface area contributed by atoms with E-state index in [-0.39, 0.29) is 17.3 Å². The highest BCUT2D eigenvalue weighted by Crippen LogP contribution is 2.29. The maximum absolute atomic E-state index is 13.0. The smallest absolute Gasteiger partial charge is 0.293 e. The van der Waals surface area contributed by atoms with Gasteiger partial charge < -0.3 is 10.6 Å². The van der Waals surface area contributed by atoms with E-state index in [1.54, 1.807) is 17.6 Å². The number of hydrogen-bond acceptors (Lipinski definition) is 10. The van der Waals surface area contributed by atoms with Crippen molar-refractivity contribution in [2.45, 2.75) is 26.3 Å². The van der Waals surface area contributed by atoms with Crippen molar-refractivity contribution in [1.82, 2.24) is 30.7 Å². The largest absolute Gasteiger partial charge is 0.378 e. The van der Waals surface area contributed by atoms with E-state index in [0.717, 1.165) is 35.5 Å². The van der Waals surface area contributed by atoms with Crippen molar-refractivity contribution < 1.29 is 9.42 Å². The molecule has 0 saturated heterocycles. The molecule has 3 aromatic heterocycles. The SMILES string of the molecule is Cc1ccsc1C=NNC(=O)c1nnn(-c2nonc2N)c1CN1CCCc2ccccc21. The third-order valence-electron chi connectivity index (χ3n) is 5.47. The predicted molar refractivity (Wildman–Crippen MR) is 124 cm³/mol. The van der Waals surface area contributed by atoms with Crippen molar-refractivity contribution in [2.24, 2.45) is 5.10 Å². The molecule has 4 heterocycles. The van der Waals surface area contributed by atoms with Gasteiger partial charge in [0.05, 0.1) is 18.5 Å². The lowest BCUT2D eigenvalue weighted by molar-refractivity contribution is 0.0949. The van der Waals surface area contributed by atoms with Gasteiger partial charge in [-0.3, -0.25) is 4.79 Å². The van der Waals surface area contributed by atoms with E-state index in [1.165, 1.54) is 10.2 Å². The topological polar surface area (TPSA) is 140 Å². The lowest BCUT2D eigenvalue weighted by Crippen LogP contribution is -2.31. The number of fused-ring (bicyclic) bond motifs is 1. The van der Waals surface area contributed by atoms with Gasteiger partial charge in [0, 0.05) is 17.1 Å². The average Bonchev–Trinajstić information content (AvgIpc) is 3.54. The number of nitrogens with zero attached hydrogens (tertiary/aromatic N) is 7. The lowest BCUT2D eigenvalue weighted by atomic mass is 10.0. The van der Waals surface area contributed by atoms with Gasteiger partial charge >= 0.3 is 0 Å². The number of benzene rings is 1. The minimum absolute atomic E-state index is 0.0540. The van der Waals surface area contributed by atoms with Gasteiger partial charge in [0.15, 0.2) is 5.69 Å². The van der Waals surface area contributed by atoms with Crippen LogP contribution in [0.3, 0.4) is 0 Å². The fourth-order valence-corrected chi connectivity index (χ4v) is 4.59. The van der Waals surface area contributed by atoms with E-state index in [4.69, 9.17) is 10.4 Å². The first-order valence-corrected chi connectivity index (χ1v) is 11.2. The number of para-hydroxylation sites is 1. The molecular weight excluding hydrogens is 442 g/mol. The van der Waals surface area contributed by atoms with Crippen LogP contribution in [0.15, 0.2) is 45.4 Å². The highest BCUT2D eigenvalue weighted by molar-refractivity contribution is 7.11. The molecule has 0 saturated carbocycles. The van der Waals surface area contributed by atoms with Gasteiger partial charge in [-0.25, -0.2) is 10.1 Å². The van der Waals surface area contributed by atoms with Crippen molar-refractivity contribution in [3.63, 3.8) is 0 Å². The minimum Gasteiger partial charge on any atom is -0.378 e. The Hall–Kier alpha value is -4.06. The van der Waals surface area contributed by atoms with E-state index < -0.39 is 5.91 Å². The van der Waals surface area contributed by atoms with E-state index >= 15 is 0 Å². The van der Waals surface area contributed by atoms with Crippen molar-refractivity contribution >= 4 is 35.0 Å². The number of aryl methyl sites for hydroxylation is 2. The fourth-order valence-electron chi connectivity index (χ4n) is 3.80. The number of nitrogen functional groups attached to an aromatic ring is 1. The van der Waals surface area contributed by atoms with Crippen LogP contribution in [0.1, 0.15) is 38.6 Å². The molecular formula is C21H21N9O2S. The van der Waals surface area contributed by atoms with Crippen LogP contribution in [0.2, 0.25) is 0 Å². The van der Waals surface area contributed by atoms with Crippen LogP contribution in [0.5, 0.6) is 0 Å². The molecule has 11 nitrogen and oxygen atoms in total. The number of nitrogens with one attached hydrogen (secondary N) is 1. The van der Waals surface area contributed by atoms with Crippen LogP contribution in [-0.2, 0) is 13.0 Å². The number of anilines is 2. The maximum atomic E-state index is 13.0. The van der Waals surface area contributed by atoms with Gasteiger partial charge in [0.2, 0.25) is 11.6 Å². The molecule has 1 aliphatic rings. The van der Waals surface area contributed by atoms with Gasteiger partial charge in [-0.1, -0.05) is 23.4 Å². The predicted octanol–water partition coefficient (Wildman–Crippen LogP) is 2.32. The van der Waals surface area contributed by atoms with E-state index in [1.807, 2.05) is 30.5 Å². The Morgan fingerprint density at radius 3 is 3.00 bits per heavy atom. The summed E-state index contributed by atoms with van der Waals surface area (Å²) in [4.78, 5) is 16.1. The van der Waals surface area contributed by atoms with Gasteiger partial charge in [0.1, 0.15) is 0 Å². The number of carbonyl (C=O) groups excluding carboxylic acids is 1. The second kappa shape index (κ2) is 8.82. The van der Waals surface area contributed by atoms with E-state index in [9.17, 15) is 4.79 Å². The standard InChI is InChI=1S/C21H21N9O2S/c1-13-8-10-33-17(13)11-23-25-21(31)18-16(30(28-24-18)20-19(22)26-32-27-20)12-29-9-4-6-14-5-2-3-7-15(14)29/h2-3,5,7-8,10-11H,4,6,9,12H2,1H3,(H2,22,26)(H,25,31). The third-order valence-corrected chi connectivity index (χ3v) is 6.42. The molecule has 0 unspecified atom stereocenters. The van der Waals surface area contributed by atoms with Gasteiger partial charge in [-0.2, -0.15) is 9.78 Å². The third kappa shape index (κ3) is 4.07. The number of hydrogen-bond donors (Lipinski definition) is 2. The summed E-state index contributed by atoms with van der Waals surface area (Å²) in [6.45, 7) is 3.18. The zero-order chi connectivity index (χ0) is 22.8. The molecule has 3 N–H and O–H groups in total. The van der Waals surface area contributed by atoms with E-state index in [0.29, 0.717) is 12.2 Å². The fraction of sp³-hybridized carbons (Fsp3) is 0.238. The zero-order valence-electron chi connectivity index (χ0n) is 17.8. The molecule has 0 aliphatic carbocycles. The molecule has 168 valence electrons. The summed E-state index contributed by atoms with van der Waals surface area (Å²) in [5.41, 5.74) is 12.5. The zero-order valence-corrected chi connectivity index (χ0v) is 18.6. The molecule has 5 rings (SSSR count). The number of nitrogens with two attached hydrogens (primary N) is 1. The second-order valence-electron chi connectivity index (χ2n) is 7.59. The Balaban J connectivity index is 1.47. The molecule has 4 aromatic rings. The van der Waals surface area contributed by atoms with Crippen LogP contribution in [0, 0.1) is 6.92 Å². The van der Waals surface area contributed by atoms with Crippen molar-refractivity contribution in [1.29, 1.82) is 0 Å². The normalized spacial score (nSPS) is 13.4. The first-order valence-electron chi connectivity index (χ1n) is 10.3. The molecule has 1 aliphatic heterocycles. The van der Waals surface area contributed by atoms with Gasteiger partial charge in [-0.05, 0) is 58.7 Å². The molecule has 0 spiro atoms. The number of carbonyl (C=O) groups is 1. The number of hydrazone groups is 1. The Morgan fingerprint density at radius 1 is 1.33 bits per heavy atom. The maximum Gasteiger partial charge on any atom is 0.293 e. The summed E-state index contributed by atoms with van der Waals surface area (Å²) in [6, 6.07) is 10.2. The number of aromatic nitrogens is 5. The van der Waals surface area contributed by atoms with E-state index in [2.05, 4.69) is 48.2 Å². The van der Waals surface area contributed by atoms with Crippen molar-refractivity contribution in [2.75, 3.05) is 17.2 Å². The van der Waals surface area contributed by atoms with Crippen LogP contribution < -0.4 is 16.1 Å². The molecule has 0 radical (unpaired) electrons. The Morgan fingerprint density at radius 2 is 2.21 bits per heavy atom. The summed E-state index contributed by atoms with van der Waals surface area (Å²) in [7, 11) is 0.